The van der Waals surface area contributed by atoms with Crippen molar-refractivity contribution in [3.05, 3.63) is 265 Å². The van der Waals surface area contributed by atoms with Gasteiger partial charge in [0.1, 0.15) is 5.58 Å². The normalized spacial score (nSPS) is 13.1. The van der Waals surface area contributed by atoms with E-state index in [1.807, 2.05) is 0 Å². The number of hydrogen-bond acceptors (Lipinski definition) is 3. The summed E-state index contributed by atoms with van der Waals surface area (Å²) in [5.41, 5.74) is 20.0. The maximum atomic E-state index is 7.30. The van der Waals surface area contributed by atoms with Gasteiger partial charge in [-0.3, -0.25) is 0 Å². The van der Waals surface area contributed by atoms with Crippen molar-refractivity contribution in [1.82, 2.24) is 0 Å². The molecule has 2 aliphatic rings. The lowest BCUT2D eigenvalue weighted by molar-refractivity contribution is 0.670. The number of furan rings is 1. The van der Waals surface area contributed by atoms with Gasteiger partial charge in [0.15, 0.2) is 5.58 Å². The molecule has 11 aromatic rings. The average molecular weight is 817 g/mol. The Morgan fingerprint density at radius 2 is 0.844 bits per heavy atom. The lowest BCUT2D eigenvalue weighted by atomic mass is 9.64. The molecule has 0 amide bonds. The van der Waals surface area contributed by atoms with Crippen LogP contribution in [0.3, 0.4) is 0 Å². The summed E-state index contributed by atoms with van der Waals surface area (Å²) in [7, 11) is 0. The number of anilines is 6. The van der Waals surface area contributed by atoms with Crippen molar-refractivity contribution in [2.75, 3.05) is 9.80 Å². The summed E-state index contributed by atoms with van der Waals surface area (Å²) >= 11 is 0. The first kappa shape index (κ1) is 36.3. The first-order valence-corrected chi connectivity index (χ1v) is 22.0. The molecule has 10 aromatic carbocycles. The van der Waals surface area contributed by atoms with Gasteiger partial charge in [0.05, 0.1) is 22.5 Å². The predicted molar refractivity (Wildman–Crippen MR) is 265 cm³/mol. The van der Waals surface area contributed by atoms with Crippen LogP contribution in [-0.2, 0) is 5.41 Å². The quantitative estimate of drug-likeness (QED) is 0.167. The molecule has 0 bridgehead atoms. The molecule has 3 heteroatoms. The maximum Gasteiger partial charge on any atom is 0.159 e. The van der Waals surface area contributed by atoms with Crippen molar-refractivity contribution < 1.29 is 4.42 Å². The molecular weight excluding hydrogens is 777 g/mol. The molecule has 300 valence electrons. The Labute approximate surface area is 372 Å². The van der Waals surface area contributed by atoms with E-state index >= 15 is 0 Å². The van der Waals surface area contributed by atoms with E-state index in [0.717, 1.165) is 55.8 Å². The Balaban J connectivity index is 1.03. The first-order chi connectivity index (χ1) is 31.8. The van der Waals surface area contributed by atoms with E-state index in [2.05, 4.69) is 252 Å². The minimum absolute atomic E-state index is 0.554. The van der Waals surface area contributed by atoms with Crippen molar-refractivity contribution in [2.45, 2.75) is 5.41 Å². The zero-order valence-electron chi connectivity index (χ0n) is 34.9. The smallest absolute Gasteiger partial charge is 0.159 e. The van der Waals surface area contributed by atoms with Crippen LogP contribution in [0.25, 0.3) is 55.3 Å². The van der Waals surface area contributed by atoms with Crippen LogP contribution in [0.4, 0.5) is 34.1 Å². The van der Waals surface area contributed by atoms with Crippen LogP contribution < -0.4 is 9.80 Å². The van der Waals surface area contributed by atoms with Crippen LogP contribution in [-0.4, -0.2) is 0 Å². The molecule has 1 aromatic heterocycles. The van der Waals surface area contributed by atoms with Crippen molar-refractivity contribution >= 4 is 56.1 Å². The highest BCUT2D eigenvalue weighted by Gasteiger charge is 2.52. The van der Waals surface area contributed by atoms with E-state index in [9.17, 15) is 0 Å². The van der Waals surface area contributed by atoms with Crippen LogP contribution in [0.1, 0.15) is 22.3 Å². The Kier molecular flexibility index (Phi) is 8.13. The fourth-order valence-corrected chi connectivity index (χ4v) is 10.9. The number of para-hydroxylation sites is 6. The number of hydrogen-bond donors (Lipinski definition) is 0. The Bertz CT molecular complexity index is 3510. The average Bonchev–Trinajstić information content (AvgIpc) is 3.90. The third-order valence-electron chi connectivity index (χ3n) is 13.5. The van der Waals surface area contributed by atoms with Gasteiger partial charge in [0, 0.05) is 33.4 Å². The van der Waals surface area contributed by atoms with E-state index in [-0.39, 0.29) is 0 Å². The summed E-state index contributed by atoms with van der Waals surface area (Å²) in [6, 6.07) is 87.9. The fraction of sp³-hybridized carbons (Fsp3) is 0.0164. The van der Waals surface area contributed by atoms with E-state index in [1.165, 1.54) is 55.9 Å². The van der Waals surface area contributed by atoms with Gasteiger partial charge in [0.2, 0.25) is 0 Å². The highest BCUT2D eigenvalue weighted by Crippen LogP contribution is 2.64. The highest BCUT2D eigenvalue weighted by molar-refractivity contribution is 6.15. The number of fused-ring (bicyclic) bond motifs is 12. The summed E-state index contributed by atoms with van der Waals surface area (Å²) in [6.07, 6.45) is 0. The molecular formula is C61H40N2O. The second-order valence-electron chi connectivity index (χ2n) is 16.8. The Morgan fingerprint density at radius 1 is 0.344 bits per heavy atom. The van der Waals surface area contributed by atoms with Gasteiger partial charge in [-0.2, -0.15) is 0 Å². The second-order valence-corrected chi connectivity index (χ2v) is 16.8. The van der Waals surface area contributed by atoms with Gasteiger partial charge in [-0.1, -0.05) is 188 Å². The summed E-state index contributed by atoms with van der Waals surface area (Å²) < 4.78 is 7.30. The van der Waals surface area contributed by atoms with Gasteiger partial charge >= 0.3 is 0 Å². The number of rotatable bonds is 6. The lowest BCUT2D eigenvalue weighted by Crippen LogP contribution is -2.36. The minimum atomic E-state index is -0.554. The third-order valence-corrected chi connectivity index (χ3v) is 13.5. The van der Waals surface area contributed by atoms with Crippen LogP contribution in [0, 0.1) is 0 Å². The number of nitrogens with zero attached hydrogens (tertiary/aromatic N) is 2. The van der Waals surface area contributed by atoms with Crippen molar-refractivity contribution in [1.29, 1.82) is 0 Å². The van der Waals surface area contributed by atoms with Gasteiger partial charge < -0.3 is 14.2 Å². The Hall–Kier alpha value is -8.40. The molecule has 0 saturated heterocycles. The van der Waals surface area contributed by atoms with Gasteiger partial charge in [-0.05, 0) is 105 Å². The molecule has 2 heterocycles. The van der Waals surface area contributed by atoms with Crippen molar-refractivity contribution in [2.24, 2.45) is 0 Å². The molecule has 1 spiro atoms. The van der Waals surface area contributed by atoms with Crippen molar-refractivity contribution in [3.8, 4) is 33.4 Å². The minimum Gasteiger partial charge on any atom is -0.453 e. The van der Waals surface area contributed by atoms with E-state index in [1.54, 1.807) is 0 Å². The molecule has 1 aliphatic heterocycles. The summed E-state index contributed by atoms with van der Waals surface area (Å²) in [6.45, 7) is 0. The Morgan fingerprint density at radius 3 is 1.56 bits per heavy atom. The zero-order valence-corrected chi connectivity index (χ0v) is 34.9. The third kappa shape index (κ3) is 5.22. The molecule has 3 nitrogen and oxygen atoms in total. The van der Waals surface area contributed by atoms with Crippen molar-refractivity contribution in [3.63, 3.8) is 0 Å². The van der Waals surface area contributed by atoms with Crippen LogP contribution in [0.2, 0.25) is 0 Å². The largest absolute Gasteiger partial charge is 0.453 e. The van der Waals surface area contributed by atoms with Crippen LogP contribution >= 0.6 is 0 Å². The molecule has 1 aliphatic carbocycles. The SMILES string of the molecule is c1ccc(-c2ccc(N(c3ccccc3)c3cccc4c3oc3c(-c5cccc6c5-c5ccccc5C65c6ccccc6N(c6ccccc6)c6ccccc65)cccc34)cc2)cc1. The predicted octanol–water partition coefficient (Wildman–Crippen LogP) is 16.5. The zero-order chi connectivity index (χ0) is 42.2. The molecule has 0 unspecified atom stereocenters. The molecule has 0 N–H and O–H groups in total. The van der Waals surface area contributed by atoms with Gasteiger partial charge in [0.25, 0.3) is 0 Å². The van der Waals surface area contributed by atoms with E-state index in [4.69, 9.17) is 4.42 Å². The highest BCUT2D eigenvalue weighted by atomic mass is 16.3. The molecule has 0 saturated carbocycles. The van der Waals surface area contributed by atoms with E-state index in [0.29, 0.717) is 0 Å². The van der Waals surface area contributed by atoms with Crippen LogP contribution in [0.15, 0.2) is 247 Å². The fourth-order valence-electron chi connectivity index (χ4n) is 10.9. The maximum absolute atomic E-state index is 7.30. The summed E-state index contributed by atoms with van der Waals surface area (Å²) in [5.74, 6) is 0. The number of benzene rings is 10. The molecule has 0 atom stereocenters. The first-order valence-electron chi connectivity index (χ1n) is 22.0. The molecule has 13 rings (SSSR count). The molecule has 0 fully saturated rings. The monoisotopic (exact) mass is 816 g/mol. The standard InChI is InChI=1S/C61H40N2O/c1-4-19-41(20-5-1)42-37-39-45(40-38-42)62(43-21-6-2-7-22-43)57-36-18-29-49-48-28-16-27-47(59(48)64-60(49)57)46-26-17-33-54-58(46)50-25-10-11-30-51(50)61(54)52-31-12-14-34-55(52)63(44-23-8-3-9-24-44)56-35-15-13-32-53(56)61/h1-40H. The van der Waals surface area contributed by atoms with E-state index < -0.39 is 5.41 Å². The van der Waals surface area contributed by atoms with Gasteiger partial charge in [-0.15, -0.1) is 0 Å². The van der Waals surface area contributed by atoms with Gasteiger partial charge in [-0.25, -0.2) is 0 Å². The summed E-state index contributed by atoms with van der Waals surface area (Å²) in [4.78, 5) is 4.75. The second kappa shape index (κ2) is 14.3. The topological polar surface area (TPSA) is 19.6 Å². The lowest BCUT2D eigenvalue weighted by Gasteiger charge is -2.45. The summed E-state index contributed by atoms with van der Waals surface area (Å²) in [5, 5.41) is 2.17. The molecule has 0 radical (unpaired) electrons. The van der Waals surface area contributed by atoms with Crippen LogP contribution in [0.5, 0.6) is 0 Å². The molecule has 64 heavy (non-hydrogen) atoms.